The average molecular weight is 110 g/mol. The molecule has 0 fully saturated rings. The number of hydrogen-bond acceptors (Lipinski definition) is 0. The Morgan fingerprint density at radius 3 is 1.14 bits per heavy atom. The molecule has 0 aromatic heterocycles. The van der Waals surface area contributed by atoms with Gasteiger partial charge in [-0.05, 0) is 5.92 Å². The van der Waals surface area contributed by atoms with Gasteiger partial charge in [-0.2, -0.15) is 0 Å². The van der Waals surface area contributed by atoms with Crippen LogP contribution in [0, 0.1) is 5.92 Å². The molecule has 0 rings (SSSR count). The second-order valence-electron chi connectivity index (χ2n) is 1.83. The summed E-state index contributed by atoms with van der Waals surface area (Å²) in [5, 5.41) is 0. The van der Waals surface area contributed by atoms with Crippen LogP contribution < -0.4 is 0 Å². The molecule has 0 N–H and O–H groups in total. The third-order valence-electron chi connectivity index (χ3n) is 0. The third-order valence-corrected chi connectivity index (χ3v) is 0. The van der Waals surface area contributed by atoms with Crippen LogP contribution in [-0.4, -0.2) is 6.93 Å². The molecule has 0 aliphatic rings. The van der Waals surface area contributed by atoms with Crippen LogP contribution in [0.1, 0.15) is 20.8 Å². The van der Waals surface area contributed by atoms with E-state index in [0.717, 1.165) is 5.92 Å². The first-order valence-corrected chi connectivity index (χ1v) is 2.27. The highest BCUT2D eigenvalue weighted by molar-refractivity contribution is 4.20. The Labute approximate surface area is 43.5 Å². The van der Waals surface area contributed by atoms with E-state index in [4.69, 9.17) is 0 Å². The fourth-order valence-electron chi connectivity index (χ4n) is 0. The summed E-state index contributed by atoms with van der Waals surface area (Å²) in [6.45, 7) is 4.75. The number of rotatable bonds is 0. The summed E-state index contributed by atoms with van der Waals surface area (Å²) >= 11 is 0. The zero-order valence-corrected chi connectivity index (χ0v) is 5.04. The summed E-state index contributed by atoms with van der Waals surface area (Å²) in [4.78, 5) is 0. The summed E-state index contributed by atoms with van der Waals surface area (Å²) in [5.74, 6) is 0.833. The van der Waals surface area contributed by atoms with E-state index >= 15 is 0 Å². The lowest BCUT2D eigenvalue weighted by molar-refractivity contribution is 0.295. The molecule has 46 valence electrons. The van der Waals surface area contributed by atoms with Gasteiger partial charge in [0.1, 0.15) is 0 Å². The normalized spacial score (nSPS) is 7.71. The monoisotopic (exact) mass is 110 g/mol. The van der Waals surface area contributed by atoms with E-state index in [-0.39, 0.29) is 0 Å². The maximum absolute atomic E-state index is 9.62. The quantitative estimate of drug-likeness (QED) is 0.449. The van der Waals surface area contributed by atoms with Crippen LogP contribution in [0.5, 0.6) is 0 Å². The minimum Gasteiger partial charge on any atom is -0.214 e. The van der Waals surface area contributed by atoms with Crippen molar-refractivity contribution in [3.63, 3.8) is 0 Å². The highest BCUT2D eigenvalue weighted by Gasteiger charge is 1.68. The van der Waals surface area contributed by atoms with E-state index in [0.29, 0.717) is 0 Å². The Morgan fingerprint density at radius 2 is 1.14 bits per heavy atom. The van der Waals surface area contributed by atoms with Gasteiger partial charge in [0, 0.05) is 0 Å². The topological polar surface area (TPSA) is 0 Å². The molecule has 0 unspecified atom stereocenters. The van der Waals surface area contributed by atoms with Crippen LogP contribution in [0.25, 0.3) is 0 Å². The predicted molar refractivity (Wildman–Crippen MR) is 27.6 cm³/mol. The van der Waals surface area contributed by atoms with Gasteiger partial charge in [-0.1, -0.05) is 20.8 Å². The zero-order valence-electron chi connectivity index (χ0n) is 5.04. The lowest BCUT2D eigenvalue weighted by Gasteiger charge is -1.79. The highest BCUT2D eigenvalue weighted by atomic mass is 19.3. The van der Waals surface area contributed by atoms with E-state index in [1.165, 1.54) is 0 Å². The van der Waals surface area contributed by atoms with Crippen LogP contribution in [0.2, 0.25) is 0 Å². The second-order valence-corrected chi connectivity index (χ2v) is 1.83. The molecular formula is C5H12F2. The highest BCUT2D eigenvalue weighted by Crippen LogP contribution is 1.81. The molecular weight excluding hydrogens is 98.1 g/mol. The van der Waals surface area contributed by atoms with Gasteiger partial charge in [0.2, 0.25) is 6.93 Å². The largest absolute Gasteiger partial charge is 0.229 e. The van der Waals surface area contributed by atoms with Crippen LogP contribution in [0.4, 0.5) is 8.78 Å². The van der Waals surface area contributed by atoms with Gasteiger partial charge in [0.05, 0.1) is 0 Å². The first-order valence-electron chi connectivity index (χ1n) is 2.27. The number of halogens is 2. The van der Waals surface area contributed by atoms with Crippen LogP contribution in [0.15, 0.2) is 0 Å². The van der Waals surface area contributed by atoms with Crippen molar-refractivity contribution in [1.82, 2.24) is 0 Å². The van der Waals surface area contributed by atoms with Crippen molar-refractivity contribution in [1.29, 1.82) is 0 Å². The fourth-order valence-corrected chi connectivity index (χ4v) is 0. The van der Waals surface area contributed by atoms with E-state index in [9.17, 15) is 8.78 Å². The Bertz CT molecular complexity index is 17.3. The molecule has 0 aliphatic carbocycles. The first kappa shape index (κ1) is 9.97. The van der Waals surface area contributed by atoms with Crippen molar-refractivity contribution in [2.45, 2.75) is 20.8 Å². The molecule has 0 radical (unpaired) electrons. The summed E-state index contributed by atoms with van der Waals surface area (Å²) in [6, 6.07) is 0. The maximum Gasteiger partial charge on any atom is 0.229 e. The minimum absolute atomic E-state index is 0.833. The van der Waals surface area contributed by atoms with Gasteiger partial charge >= 0.3 is 0 Å². The van der Waals surface area contributed by atoms with Gasteiger partial charge < -0.3 is 0 Å². The zero-order chi connectivity index (χ0) is 6.28. The SMILES string of the molecule is CC(C)C.FCF. The van der Waals surface area contributed by atoms with Gasteiger partial charge in [-0.3, -0.25) is 0 Å². The Hall–Kier alpha value is -0.140. The smallest absolute Gasteiger partial charge is 0.214 e. The van der Waals surface area contributed by atoms with Crippen molar-refractivity contribution < 1.29 is 8.78 Å². The van der Waals surface area contributed by atoms with Gasteiger partial charge in [-0.15, -0.1) is 0 Å². The summed E-state index contributed by atoms with van der Waals surface area (Å²) < 4.78 is 19.2. The molecule has 0 nitrogen and oxygen atoms in total. The predicted octanol–water partition coefficient (Wildman–Crippen LogP) is 2.55. The van der Waals surface area contributed by atoms with Crippen molar-refractivity contribution in [2.24, 2.45) is 5.92 Å². The molecule has 0 saturated carbocycles. The molecule has 2 heteroatoms. The Morgan fingerprint density at radius 1 is 1.14 bits per heavy atom. The van der Waals surface area contributed by atoms with E-state index in [1.807, 2.05) is 0 Å². The molecule has 0 spiro atoms. The second kappa shape index (κ2) is 9.29. The fraction of sp³-hybridized carbons (Fsp3) is 1.00. The van der Waals surface area contributed by atoms with Crippen molar-refractivity contribution in [3.8, 4) is 0 Å². The Balaban J connectivity index is 0. The lowest BCUT2D eigenvalue weighted by Crippen LogP contribution is -1.66. The van der Waals surface area contributed by atoms with E-state index < -0.39 is 6.93 Å². The standard InChI is InChI=1S/C4H10.CH2F2/c1-4(2)3;2-1-3/h4H,1-3H3;1H2. The van der Waals surface area contributed by atoms with E-state index in [2.05, 4.69) is 20.8 Å². The van der Waals surface area contributed by atoms with Crippen molar-refractivity contribution in [2.75, 3.05) is 6.93 Å². The molecule has 7 heavy (non-hydrogen) atoms. The first-order chi connectivity index (χ1) is 3.15. The van der Waals surface area contributed by atoms with Gasteiger partial charge in [0.15, 0.2) is 0 Å². The molecule has 0 heterocycles. The number of alkyl halides is 2. The molecule has 0 amide bonds. The summed E-state index contributed by atoms with van der Waals surface area (Å²) in [7, 11) is 0. The lowest BCUT2D eigenvalue weighted by atomic mass is 10.3. The Kier molecular flexibility index (Phi) is 13.2. The van der Waals surface area contributed by atoms with Crippen molar-refractivity contribution in [3.05, 3.63) is 0 Å². The molecule has 0 atom stereocenters. The molecule has 0 aromatic carbocycles. The van der Waals surface area contributed by atoms with Crippen LogP contribution in [0.3, 0.4) is 0 Å². The van der Waals surface area contributed by atoms with Gasteiger partial charge in [0.25, 0.3) is 0 Å². The molecule has 0 bridgehead atoms. The maximum atomic E-state index is 9.62. The van der Waals surface area contributed by atoms with E-state index in [1.54, 1.807) is 0 Å². The minimum atomic E-state index is -1.75. The van der Waals surface area contributed by atoms with Gasteiger partial charge in [-0.25, -0.2) is 8.78 Å². The summed E-state index contributed by atoms with van der Waals surface area (Å²) in [5.41, 5.74) is 0. The van der Waals surface area contributed by atoms with Crippen molar-refractivity contribution >= 4 is 0 Å². The molecule has 0 aromatic rings. The molecule has 0 aliphatic heterocycles. The summed E-state index contributed by atoms with van der Waals surface area (Å²) in [6.07, 6.45) is 0. The van der Waals surface area contributed by atoms with Crippen LogP contribution >= 0.6 is 0 Å². The number of hydrogen-bond donors (Lipinski definition) is 0. The average Bonchev–Trinajstić information content (AvgIpc) is 1.33. The third kappa shape index (κ3) is 4450. The molecule has 0 saturated heterocycles. The van der Waals surface area contributed by atoms with Crippen LogP contribution in [-0.2, 0) is 0 Å².